The zero-order valence-electron chi connectivity index (χ0n) is 12.5. The Morgan fingerprint density at radius 1 is 1.20 bits per heavy atom. The molecule has 3 rings (SSSR count). The minimum absolute atomic E-state index is 0.0127. The summed E-state index contributed by atoms with van der Waals surface area (Å²) < 4.78 is 5.11. The van der Waals surface area contributed by atoms with Crippen molar-refractivity contribution in [2.75, 3.05) is 7.11 Å². The molecule has 1 N–H and O–H groups in total. The van der Waals surface area contributed by atoms with Gasteiger partial charge in [0.05, 0.1) is 13.0 Å². The highest BCUT2D eigenvalue weighted by Crippen LogP contribution is 2.45. The fourth-order valence-corrected chi connectivity index (χ4v) is 4.86. The standard InChI is InChI=1S/C17H27NO2/c1-3-11-4-6-12(7-5-11)14-10-13-8-9-15(18-13)16(14)17(19)20-2/h3,11-16,18H,1,4-10H2,2H3. The number of ether oxygens (including phenoxy) is 1. The predicted octanol–water partition coefficient (Wildman–Crippen LogP) is 2.91. The van der Waals surface area contributed by atoms with Gasteiger partial charge in [0.25, 0.3) is 0 Å². The van der Waals surface area contributed by atoms with E-state index >= 15 is 0 Å². The van der Waals surface area contributed by atoms with Crippen LogP contribution in [0.15, 0.2) is 12.7 Å². The van der Waals surface area contributed by atoms with E-state index in [-0.39, 0.29) is 11.9 Å². The quantitative estimate of drug-likeness (QED) is 0.637. The highest BCUT2D eigenvalue weighted by atomic mass is 16.5. The number of fused-ring (bicyclic) bond motifs is 2. The number of methoxy groups -OCH3 is 1. The van der Waals surface area contributed by atoms with Crippen LogP contribution in [0.3, 0.4) is 0 Å². The van der Waals surface area contributed by atoms with Gasteiger partial charge in [-0.15, -0.1) is 6.58 Å². The second-order valence-corrected chi connectivity index (χ2v) is 6.91. The molecule has 112 valence electrons. The summed E-state index contributed by atoms with van der Waals surface area (Å²) in [5, 5.41) is 3.63. The Balaban J connectivity index is 1.72. The van der Waals surface area contributed by atoms with Crippen LogP contribution in [0, 0.1) is 23.7 Å². The highest BCUT2D eigenvalue weighted by molar-refractivity contribution is 5.74. The van der Waals surface area contributed by atoms with Gasteiger partial charge in [0.2, 0.25) is 0 Å². The Kier molecular flexibility index (Phi) is 4.16. The molecule has 0 amide bonds. The lowest BCUT2D eigenvalue weighted by molar-refractivity contribution is -0.151. The van der Waals surface area contributed by atoms with Gasteiger partial charge in [0.15, 0.2) is 0 Å². The molecule has 1 saturated carbocycles. The number of allylic oxidation sites excluding steroid dienone is 1. The van der Waals surface area contributed by atoms with Gasteiger partial charge in [-0.25, -0.2) is 0 Å². The van der Waals surface area contributed by atoms with E-state index < -0.39 is 0 Å². The van der Waals surface area contributed by atoms with Gasteiger partial charge in [-0.3, -0.25) is 4.79 Å². The van der Waals surface area contributed by atoms with Crippen LogP contribution in [-0.4, -0.2) is 25.2 Å². The van der Waals surface area contributed by atoms with Gasteiger partial charge < -0.3 is 10.1 Å². The van der Waals surface area contributed by atoms with Crippen LogP contribution in [0.5, 0.6) is 0 Å². The number of piperidine rings is 1. The molecule has 4 unspecified atom stereocenters. The zero-order chi connectivity index (χ0) is 14.1. The molecule has 2 bridgehead atoms. The lowest BCUT2D eigenvalue weighted by Gasteiger charge is -2.42. The summed E-state index contributed by atoms with van der Waals surface area (Å²) in [6.45, 7) is 3.93. The highest BCUT2D eigenvalue weighted by Gasteiger charge is 2.48. The lowest BCUT2D eigenvalue weighted by atomic mass is 9.67. The van der Waals surface area contributed by atoms with Crippen LogP contribution in [0.1, 0.15) is 44.9 Å². The Morgan fingerprint density at radius 2 is 1.95 bits per heavy atom. The molecule has 1 aliphatic carbocycles. The summed E-state index contributed by atoms with van der Waals surface area (Å²) in [4.78, 5) is 12.2. The molecule has 2 saturated heterocycles. The average molecular weight is 277 g/mol. The van der Waals surface area contributed by atoms with E-state index in [2.05, 4.69) is 18.0 Å². The molecule has 4 atom stereocenters. The van der Waals surface area contributed by atoms with Crippen molar-refractivity contribution in [3.63, 3.8) is 0 Å². The maximum atomic E-state index is 12.2. The minimum Gasteiger partial charge on any atom is -0.469 e. The van der Waals surface area contributed by atoms with Crippen molar-refractivity contribution in [1.29, 1.82) is 0 Å². The molecule has 3 fully saturated rings. The number of hydrogen-bond donors (Lipinski definition) is 1. The first kappa shape index (κ1) is 14.1. The largest absolute Gasteiger partial charge is 0.469 e. The topological polar surface area (TPSA) is 38.3 Å². The fourth-order valence-electron chi connectivity index (χ4n) is 4.86. The first-order chi connectivity index (χ1) is 9.72. The first-order valence-electron chi connectivity index (χ1n) is 8.19. The van der Waals surface area contributed by atoms with Crippen LogP contribution in [0.25, 0.3) is 0 Å². The van der Waals surface area contributed by atoms with Crippen LogP contribution >= 0.6 is 0 Å². The zero-order valence-corrected chi connectivity index (χ0v) is 12.5. The van der Waals surface area contributed by atoms with E-state index in [9.17, 15) is 4.79 Å². The second-order valence-electron chi connectivity index (χ2n) is 6.91. The molecule has 3 nitrogen and oxygen atoms in total. The van der Waals surface area contributed by atoms with Gasteiger partial charge >= 0.3 is 5.97 Å². The molecule has 0 radical (unpaired) electrons. The van der Waals surface area contributed by atoms with E-state index in [1.807, 2.05) is 0 Å². The third-order valence-electron chi connectivity index (χ3n) is 5.96. The average Bonchev–Trinajstić information content (AvgIpc) is 2.88. The van der Waals surface area contributed by atoms with E-state index in [0.717, 1.165) is 6.42 Å². The molecule has 3 heteroatoms. The molecule has 0 aromatic rings. The van der Waals surface area contributed by atoms with E-state index in [0.29, 0.717) is 29.8 Å². The number of nitrogens with one attached hydrogen (secondary N) is 1. The molecule has 3 aliphatic rings. The minimum atomic E-state index is 0.0127. The Morgan fingerprint density at radius 3 is 2.60 bits per heavy atom. The monoisotopic (exact) mass is 277 g/mol. The predicted molar refractivity (Wildman–Crippen MR) is 79.2 cm³/mol. The molecule has 0 spiro atoms. The summed E-state index contributed by atoms with van der Waals surface area (Å²) in [5.74, 6) is 2.04. The van der Waals surface area contributed by atoms with Crippen molar-refractivity contribution in [1.82, 2.24) is 5.32 Å². The van der Waals surface area contributed by atoms with Crippen LogP contribution in [0.4, 0.5) is 0 Å². The van der Waals surface area contributed by atoms with Crippen molar-refractivity contribution in [2.24, 2.45) is 23.7 Å². The van der Waals surface area contributed by atoms with Crippen LogP contribution in [0.2, 0.25) is 0 Å². The van der Waals surface area contributed by atoms with Crippen LogP contribution in [-0.2, 0) is 9.53 Å². The number of rotatable bonds is 3. The number of hydrogen-bond acceptors (Lipinski definition) is 3. The SMILES string of the molecule is C=CC1CCC(C2CC3CCC(N3)C2C(=O)OC)CC1. The summed E-state index contributed by atoms with van der Waals surface area (Å²) in [5.41, 5.74) is 0. The Hall–Kier alpha value is -0.830. The van der Waals surface area contributed by atoms with Crippen molar-refractivity contribution in [3.8, 4) is 0 Å². The fraction of sp³-hybridized carbons (Fsp3) is 0.824. The Bertz CT molecular complexity index is 373. The van der Waals surface area contributed by atoms with E-state index in [1.165, 1.54) is 45.6 Å². The molecule has 0 aromatic heterocycles. The summed E-state index contributed by atoms with van der Waals surface area (Å²) in [6.07, 6.45) is 10.7. The van der Waals surface area contributed by atoms with E-state index in [1.54, 1.807) is 0 Å². The molecular weight excluding hydrogens is 250 g/mol. The Labute approximate surface area is 122 Å². The van der Waals surface area contributed by atoms with Gasteiger partial charge in [-0.2, -0.15) is 0 Å². The molecule has 2 aliphatic heterocycles. The normalized spacial score (nSPS) is 44.0. The van der Waals surface area contributed by atoms with Gasteiger partial charge in [0.1, 0.15) is 0 Å². The van der Waals surface area contributed by atoms with Crippen LogP contribution < -0.4 is 5.32 Å². The van der Waals surface area contributed by atoms with Crippen molar-refractivity contribution in [3.05, 3.63) is 12.7 Å². The van der Waals surface area contributed by atoms with Crippen molar-refractivity contribution < 1.29 is 9.53 Å². The number of carbonyl (C=O) groups excluding carboxylic acids is 1. The first-order valence-corrected chi connectivity index (χ1v) is 8.19. The van der Waals surface area contributed by atoms with Gasteiger partial charge in [-0.1, -0.05) is 6.08 Å². The number of carbonyl (C=O) groups is 1. The smallest absolute Gasteiger partial charge is 0.310 e. The second kappa shape index (κ2) is 5.88. The molecule has 2 heterocycles. The summed E-state index contributed by atoms with van der Waals surface area (Å²) in [6, 6.07) is 1.01. The third kappa shape index (κ3) is 2.52. The van der Waals surface area contributed by atoms with E-state index in [4.69, 9.17) is 4.74 Å². The molecule has 0 aromatic carbocycles. The van der Waals surface area contributed by atoms with Gasteiger partial charge in [-0.05, 0) is 62.7 Å². The number of esters is 1. The summed E-state index contributed by atoms with van der Waals surface area (Å²) >= 11 is 0. The third-order valence-corrected chi connectivity index (χ3v) is 5.96. The maximum Gasteiger partial charge on any atom is 0.310 e. The summed E-state index contributed by atoms with van der Waals surface area (Å²) in [7, 11) is 1.54. The molecule has 20 heavy (non-hydrogen) atoms. The molecular formula is C17H27NO2. The van der Waals surface area contributed by atoms with Crippen molar-refractivity contribution in [2.45, 2.75) is 57.0 Å². The van der Waals surface area contributed by atoms with Gasteiger partial charge in [0, 0.05) is 12.1 Å². The lowest BCUT2D eigenvalue weighted by Crippen LogP contribution is -2.51. The van der Waals surface area contributed by atoms with Crippen molar-refractivity contribution >= 4 is 5.97 Å². The maximum absolute atomic E-state index is 12.2.